The molecule has 0 unspecified atom stereocenters. The Hall–Kier alpha value is -2.39. The lowest BCUT2D eigenvalue weighted by molar-refractivity contribution is -0.123. The highest BCUT2D eigenvalue weighted by Crippen LogP contribution is 2.32. The summed E-state index contributed by atoms with van der Waals surface area (Å²) in [6.07, 6.45) is 9.58. The summed E-state index contributed by atoms with van der Waals surface area (Å²) in [7, 11) is 0. The van der Waals surface area contributed by atoms with Crippen molar-refractivity contribution in [2.45, 2.75) is 19.4 Å². The summed E-state index contributed by atoms with van der Waals surface area (Å²) < 4.78 is 7.64. The van der Waals surface area contributed by atoms with Crippen LogP contribution in [-0.2, 0) is 16.1 Å². The molecule has 2 aromatic heterocycles. The van der Waals surface area contributed by atoms with Crippen molar-refractivity contribution in [2.24, 2.45) is 0 Å². The molecule has 7 nitrogen and oxygen atoms in total. The number of thiocarbonyl (C=S) groups is 1. The van der Waals surface area contributed by atoms with Crippen molar-refractivity contribution < 1.29 is 14.0 Å². The molecule has 0 aliphatic carbocycles. The number of nitrogens with zero attached hydrogens (tertiary/aromatic N) is 3. The fourth-order valence-corrected chi connectivity index (χ4v) is 3.69. The molecule has 1 aliphatic rings. The second-order valence-corrected chi connectivity index (χ2v) is 7.28. The summed E-state index contributed by atoms with van der Waals surface area (Å²) >= 11 is 6.47. The van der Waals surface area contributed by atoms with Gasteiger partial charge in [-0.1, -0.05) is 24.0 Å². The lowest BCUT2D eigenvalue weighted by Crippen LogP contribution is -2.34. The topological polar surface area (TPSA) is 80.4 Å². The number of nitrogens with one attached hydrogen (secondary N) is 1. The van der Waals surface area contributed by atoms with Crippen molar-refractivity contribution in [3.05, 3.63) is 47.8 Å². The van der Waals surface area contributed by atoms with Crippen molar-refractivity contribution in [2.75, 3.05) is 13.1 Å². The Morgan fingerprint density at radius 3 is 3.04 bits per heavy atom. The standard InChI is InChI=1S/C17H18N4O3S2/c22-15(19-5-2-7-20-9-6-18-12-20)4-8-21-16(23)14(26-17(21)25)11-13-3-1-10-24-13/h1,3,6,9-12H,2,4-5,7-8H2,(H,19,22). The number of carbonyl (C=O) groups is 2. The molecule has 0 bridgehead atoms. The highest BCUT2D eigenvalue weighted by molar-refractivity contribution is 8.26. The lowest BCUT2D eigenvalue weighted by atomic mass is 10.3. The van der Waals surface area contributed by atoms with Crippen LogP contribution in [0.5, 0.6) is 0 Å². The quantitative estimate of drug-likeness (QED) is 0.423. The number of rotatable bonds is 8. The zero-order valence-corrected chi connectivity index (χ0v) is 15.6. The van der Waals surface area contributed by atoms with Crippen LogP contribution in [0.3, 0.4) is 0 Å². The number of hydrogen-bond acceptors (Lipinski definition) is 6. The van der Waals surface area contributed by atoms with Crippen LogP contribution in [0.2, 0.25) is 0 Å². The molecule has 3 heterocycles. The van der Waals surface area contributed by atoms with Gasteiger partial charge in [0, 0.05) is 44.5 Å². The number of furan rings is 1. The van der Waals surface area contributed by atoms with Gasteiger partial charge in [-0.25, -0.2) is 4.98 Å². The molecule has 1 fully saturated rings. The minimum Gasteiger partial charge on any atom is -0.465 e. The van der Waals surface area contributed by atoms with Gasteiger partial charge in [0.25, 0.3) is 5.91 Å². The molecule has 0 spiro atoms. The number of thioether (sulfide) groups is 1. The minimum atomic E-state index is -0.190. The Bertz CT molecular complexity index is 800. The maximum Gasteiger partial charge on any atom is 0.266 e. The monoisotopic (exact) mass is 390 g/mol. The van der Waals surface area contributed by atoms with Gasteiger partial charge in [-0.15, -0.1) is 0 Å². The number of carbonyl (C=O) groups excluding carboxylic acids is 2. The van der Waals surface area contributed by atoms with E-state index >= 15 is 0 Å². The lowest BCUT2D eigenvalue weighted by Gasteiger charge is -2.14. The van der Waals surface area contributed by atoms with Gasteiger partial charge < -0.3 is 14.3 Å². The average molecular weight is 390 g/mol. The third-order valence-electron chi connectivity index (χ3n) is 3.73. The van der Waals surface area contributed by atoms with E-state index in [1.54, 1.807) is 37.0 Å². The fraction of sp³-hybridized carbons (Fsp3) is 0.294. The molecule has 2 amide bonds. The van der Waals surface area contributed by atoms with Crippen LogP contribution in [-0.4, -0.2) is 43.7 Å². The molecule has 0 radical (unpaired) electrons. The molecule has 1 saturated heterocycles. The van der Waals surface area contributed by atoms with Crippen molar-refractivity contribution >= 4 is 46.2 Å². The molecular weight excluding hydrogens is 372 g/mol. The number of hydrogen-bond donors (Lipinski definition) is 1. The highest BCUT2D eigenvalue weighted by atomic mass is 32.2. The van der Waals surface area contributed by atoms with Crippen molar-refractivity contribution in [3.8, 4) is 0 Å². The van der Waals surface area contributed by atoms with Crippen LogP contribution in [0.15, 0.2) is 46.4 Å². The molecule has 0 aromatic carbocycles. The van der Waals surface area contributed by atoms with Gasteiger partial charge in [0.05, 0.1) is 17.5 Å². The Morgan fingerprint density at radius 1 is 1.42 bits per heavy atom. The number of imidazole rings is 1. The van der Waals surface area contributed by atoms with Gasteiger partial charge in [0.2, 0.25) is 5.91 Å². The van der Waals surface area contributed by atoms with Crippen LogP contribution in [0.1, 0.15) is 18.6 Å². The van der Waals surface area contributed by atoms with E-state index in [4.69, 9.17) is 16.6 Å². The zero-order chi connectivity index (χ0) is 18.4. The van der Waals surface area contributed by atoms with Crippen molar-refractivity contribution in [3.63, 3.8) is 0 Å². The molecule has 3 rings (SSSR count). The van der Waals surface area contributed by atoms with Gasteiger partial charge >= 0.3 is 0 Å². The summed E-state index contributed by atoms with van der Waals surface area (Å²) in [6, 6.07) is 3.52. The molecular formula is C17H18N4O3S2. The van der Waals surface area contributed by atoms with E-state index in [1.165, 1.54) is 16.7 Å². The van der Waals surface area contributed by atoms with Crippen LogP contribution in [0, 0.1) is 0 Å². The second-order valence-electron chi connectivity index (χ2n) is 5.60. The predicted molar refractivity (Wildman–Crippen MR) is 103 cm³/mol. The average Bonchev–Trinajstić information content (AvgIpc) is 3.35. The summed E-state index contributed by atoms with van der Waals surface area (Å²) in [5.74, 6) is 0.310. The van der Waals surface area contributed by atoms with Crippen molar-refractivity contribution in [1.29, 1.82) is 0 Å². The van der Waals surface area contributed by atoms with Crippen LogP contribution in [0.4, 0.5) is 0 Å². The van der Waals surface area contributed by atoms with Crippen LogP contribution in [0.25, 0.3) is 6.08 Å². The maximum absolute atomic E-state index is 12.4. The van der Waals surface area contributed by atoms with E-state index in [-0.39, 0.29) is 24.8 Å². The van der Waals surface area contributed by atoms with Gasteiger partial charge in [-0.05, 0) is 18.6 Å². The first-order chi connectivity index (χ1) is 12.6. The van der Waals surface area contributed by atoms with Gasteiger partial charge in [-0.3, -0.25) is 14.5 Å². The molecule has 26 heavy (non-hydrogen) atoms. The second kappa shape index (κ2) is 8.81. The van der Waals surface area contributed by atoms with E-state index in [0.717, 1.165) is 13.0 Å². The van der Waals surface area contributed by atoms with Crippen LogP contribution < -0.4 is 5.32 Å². The smallest absolute Gasteiger partial charge is 0.266 e. The van der Waals surface area contributed by atoms with E-state index in [1.807, 2.05) is 10.8 Å². The van der Waals surface area contributed by atoms with E-state index in [9.17, 15) is 9.59 Å². The number of aromatic nitrogens is 2. The Balaban J connectivity index is 1.41. The van der Waals surface area contributed by atoms with Crippen molar-refractivity contribution in [1.82, 2.24) is 19.8 Å². The third kappa shape index (κ3) is 4.83. The normalized spacial score (nSPS) is 15.8. The Kier molecular flexibility index (Phi) is 6.24. The van der Waals surface area contributed by atoms with Gasteiger partial charge in [0.1, 0.15) is 10.1 Å². The molecule has 0 atom stereocenters. The molecule has 136 valence electrons. The first-order valence-corrected chi connectivity index (χ1v) is 9.37. The summed E-state index contributed by atoms with van der Waals surface area (Å²) in [5, 5.41) is 2.86. The Morgan fingerprint density at radius 2 is 2.31 bits per heavy atom. The summed E-state index contributed by atoms with van der Waals surface area (Å²) in [5.41, 5.74) is 0. The molecule has 1 aliphatic heterocycles. The number of amides is 2. The van der Waals surface area contributed by atoms with E-state index < -0.39 is 0 Å². The summed E-state index contributed by atoms with van der Waals surface area (Å²) in [4.78, 5) is 30.3. The van der Waals surface area contributed by atoms with Crippen LogP contribution >= 0.6 is 24.0 Å². The number of aryl methyl sites for hydroxylation is 1. The third-order valence-corrected chi connectivity index (χ3v) is 5.10. The first-order valence-electron chi connectivity index (χ1n) is 8.15. The molecule has 1 N–H and O–H groups in total. The first kappa shape index (κ1) is 18.4. The van der Waals surface area contributed by atoms with Gasteiger partial charge in [0.15, 0.2) is 0 Å². The molecule has 2 aromatic rings. The SMILES string of the molecule is O=C(CCN1C(=O)C(=Cc2ccco2)SC1=S)NCCCn1ccnc1. The summed E-state index contributed by atoms with van der Waals surface area (Å²) in [6.45, 7) is 1.65. The minimum absolute atomic E-state index is 0.0975. The highest BCUT2D eigenvalue weighted by Gasteiger charge is 2.32. The predicted octanol–water partition coefficient (Wildman–Crippen LogP) is 2.27. The van der Waals surface area contributed by atoms with Gasteiger partial charge in [-0.2, -0.15) is 0 Å². The molecule has 0 saturated carbocycles. The fourth-order valence-electron chi connectivity index (χ4n) is 2.41. The maximum atomic E-state index is 12.4. The molecule has 9 heteroatoms. The largest absolute Gasteiger partial charge is 0.465 e. The van der Waals surface area contributed by atoms with E-state index in [0.29, 0.717) is 21.5 Å². The van der Waals surface area contributed by atoms with E-state index in [2.05, 4.69) is 10.3 Å². The zero-order valence-electron chi connectivity index (χ0n) is 14.0. The Labute approximate surface area is 160 Å².